The molecular formula is C24H32FN9O3. The van der Waals surface area contributed by atoms with E-state index >= 15 is 0 Å². The van der Waals surface area contributed by atoms with Crippen LogP contribution < -0.4 is 21.1 Å². The smallest absolute Gasteiger partial charge is 0.368 e. The average Bonchev–Trinajstić information content (AvgIpc) is 3.47. The fourth-order valence-electron chi connectivity index (χ4n) is 5.47. The Kier molecular flexibility index (Phi) is 6.82. The van der Waals surface area contributed by atoms with Gasteiger partial charge >= 0.3 is 5.69 Å². The Hall–Kier alpha value is -3.58. The van der Waals surface area contributed by atoms with E-state index in [1.165, 1.54) is 13.5 Å². The van der Waals surface area contributed by atoms with Gasteiger partial charge in [-0.05, 0) is 74.7 Å². The topological polar surface area (TPSA) is 135 Å². The highest BCUT2D eigenvalue weighted by Crippen LogP contribution is 2.38. The number of piperidine rings is 1. The van der Waals surface area contributed by atoms with Crippen molar-refractivity contribution in [2.75, 3.05) is 30.4 Å². The van der Waals surface area contributed by atoms with Crippen molar-refractivity contribution in [3.05, 3.63) is 40.7 Å². The third kappa shape index (κ3) is 5.14. The van der Waals surface area contributed by atoms with Crippen LogP contribution in [-0.4, -0.2) is 77.1 Å². The Balaban J connectivity index is 1.37. The zero-order valence-corrected chi connectivity index (χ0v) is 21.2. The number of halogens is 1. The first kappa shape index (κ1) is 25.1. The molecule has 37 heavy (non-hydrogen) atoms. The SMILES string of the molecule is Cn1nnn(-c2cc(Nc3ncc(F)c(N[C@@H]4C[C@@H]5CCCN5C(C)(C)C4)n3)ccc2OCCO)c1=O. The van der Waals surface area contributed by atoms with Gasteiger partial charge in [-0.3, -0.25) is 4.90 Å². The lowest BCUT2D eigenvalue weighted by Crippen LogP contribution is -2.55. The van der Waals surface area contributed by atoms with E-state index < -0.39 is 11.5 Å². The van der Waals surface area contributed by atoms with E-state index in [0.29, 0.717) is 23.2 Å². The molecule has 0 amide bonds. The molecule has 12 nitrogen and oxygen atoms in total. The van der Waals surface area contributed by atoms with E-state index in [-0.39, 0.29) is 36.6 Å². The summed E-state index contributed by atoms with van der Waals surface area (Å²) in [6.45, 7) is 5.46. The molecule has 5 rings (SSSR count). The molecule has 0 saturated carbocycles. The zero-order chi connectivity index (χ0) is 26.2. The van der Waals surface area contributed by atoms with Crippen molar-refractivity contribution in [2.45, 2.75) is 57.2 Å². The van der Waals surface area contributed by atoms with Crippen molar-refractivity contribution >= 4 is 17.5 Å². The van der Waals surface area contributed by atoms with Gasteiger partial charge in [0.15, 0.2) is 11.6 Å². The third-order valence-electron chi connectivity index (χ3n) is 7.06. The van der Waals surface area contributed by atoms with Gasteiger partial charge in [0.1, 0.15) is 18.0 Å². The Morgan fingerprint density at radius 2 is 2.14 bits per heavy atom. The van der Waals surface area contributed by atoms with Crippen LogP contribution >= 0.6 is 0 Å². The molecule has 0 bridgehead atoms. The Morgan fingerprint density at radius 3 is 2.89 bits per heavy atom. The van der Waals surface area contributed by atoms with Gasteiger partial charge in [-0.1, -0.05) is 0 Å². The molecular weight excluding hydrogens is 481 g/mol. The second kappa shape index (κ2) is 10.1. The van der Waals surface area contributed by atoms with Crippen LogP contribution in [0.5, 0.6) is 5.75 Å². The lowest BCUT2D eigenvalue weighted by molar-refractivity contribution is 0.0500. The molecule has 0 aliphatic carbocycles. The summed E-state index contributed by atoms with van der Waals surface area (Å²) in [5.74, 6) is 0.170. The van der Waals surface area contributed by atoms with Crippen LogP contribution in [0.1, 0.15) is 39.5 Å². The molecule has 2 atom stereocenters. The summed E-state index contributed by atoms with van der Waals surface area (Å²) in [6, 6.07) is 5.56. The fourth-order valence-corrected chi connectivity index (χ4v) is 5.47. The van der Waals surface area contributed by atoms with Gasteiger partial charge < -0.3 is 20.5 Å². The van der Waals surface area contributed by atoms with Gasteiger partial charge in [0, 0.05) is 30.4 Å². The Labute approximate surface area is 213 Å². The van der Waals surface area contributed by atoms with Crippen LogP contribution in [0.4, 0.5) is 21.8 Å². The lowest BCUT2D eigenvalue weighted by atomic mass is 9.84. The van der Waals surface area contributed by atoms with Crippen molar-refractivity contribution in [2.24, 2.45) is 7.05 Å². The molecule has 3 N–H and O–H groups in total. The maximum Gasteiger partial charge on any atom is 0.368 e. The number of nitrogens with one attached hydrogen (secondary N) is 2. The number of aliphatic hydroxyl groups excluding tert-OH is 1. The summed E-state index contributed by atoms with van der Waals surface area (Å²) in [7, 11) is 1.49. The number of tetrazole rings is 1. The summed E-state index contributed by atoms with van der Waals surface area (Å²) in [5.41, 5.74) is 0.423. The van der Waals surface area contributed by atoms with Crippen molar-refractivity contribution in [1.29, 1.82) is 0 Å². The van der Waals surface area contributed by atoms with Gasteiger partial charge in [0.05, 0.1) is 12.8 Å². The highest BCUT2D eigenvalue weighted by molar-refractivity contribution is 5.62. The highest BCUT2D eigenvalue weighted by Gasteiger charge is 2.43. The number of aryl methyl sites for hydroxylation is 1. The molecule has 13 heteroatoms. The first-order valence-corrected chi connectivity index (χ1v) is 12.4. The van der Waals surface area contributed by atoms with E-state index in [1.54, 1.807) is 18.2 Å². The molecule has 1 aromatic carbocycles. The van der Waals surface area contributed by atoms with Crippen LogP contribution in [0.15, 0.2) is 29.2 Å². The number of aromatic nitrogens is 6. The predicted octanol–water partition coefficient (Wildman–Crippen LogP) is 1.83. The lowest BCUT2D eigenvalue weighted by Gasteiger charge is -2.47. The summed E-state index contributed by atoms with van der Waals surface area (Å²) in [4.78, 5) is 23.5. The molecule has 198 valence electrons. The zero-order valence-electron chi connectivity index (χ0n) is 21.2. The molecule has 2 fully saturated rings. The van der Waals surface area contributed by atoms with E-state index in [9.17, 15) is 9.18 Å². The molecule has 2 aromatic heterocycles. The molecule has 2 saturated heterocycles. The first-order chi connectivity index (χ1) is 17.7. The minimum atomic E-state index is -0.517. The summed E-state index contributed by atoms with van der Waals surface area (Å²) >= 11 is 0. The van der Waals surface area contributed by atoms with E-state index in [2.05, 4.69) is 49.8 Å². The number of benzene rings is 1. The number of ether oxygens (including phenoxy) is 1. The molecule has 0 spiro atoms. The number of hydrogen-bond donors (Lipinski definition) is 3. The minimum Gasteiger partial charge on any atom is -0.489 e. The second-order valence-electron chi connectivity index (χ2n) is 10.1. The Morgan fingerprint density at radius 1 is 1.30 bits per heavy atom. The standard InChI is InChI=1S/C24H32FN9O3/c1-24(2)13-16(11-17-5-4-8-33(17)24)27-21-18(25)14-26-22(29-21)28-15-6-7-20(37-10-9-35)19(12-15)34-23(36)32(3)30-31-34/h6-7,12,14,16-17,35H,4-5,8-11,13H2,1-3H3,(H2,26,27,28,29)/t16-,17+/m1/s1. The summed E-state index contributed by atoms with van der Waals surface area (Å²) < 4.78 is 22.5. The fraction of sp³-hybridized carbons (Fsp3) is 0.542. The van der Waals surface area contributed by atoms with Crippen LogP contribution in [-0.2, 0) is 7.05 Å². The summed E-state index contributed by atoms with van der Waals surface area (Å²) in [6.07, 6.45) is 5.34. The third-order valence-corrected chi connectivity index (χ3v) is 7.06. The number of nitrogens with zero attached hydrogens (tertiary/aromatic N) is 7. The van der Waals surface area contributed by atoms with Crippen molar-refractivity contribution in [3.63, 3.8) is 0 Å². The van der Waals surface area contributed by atoms with Gasteiger partial charge in [0.2, 0.25) is 5.95 Å². The van der Waals surface area contributed by atoms with Gasteiger partial charge in [-0.2, -0.15) is 14.3 Å². The second-order valence-corrected chi connectivity index (χ2v) is 10.1. The maximum atomic E-state index is 14.7. The van der Waals surface area contributed by atoms with Crippen LogP contribution in [0.25, 0.3) is 5.69 Å². The number of aliphatic hydroxyl groups is 1. The number of anilines is 3. The molecule has 2 aliphatic heterocycles. The maximum absolute atomic E-state index is 14.7. The quantitative estimate of drug-likeness (QED) is 0.409. The van der Waals surface area contributed by atoms with Crippen molar-refractivity contribution < 1.29 is 14.2 Å². The number of hydrogen-bond acceptors (Lipinski definition) is 10. The molecule has 0 unspecified atom stereocenters. The molecule has 0 radical (unpaired) electrons. The first-order valence-electron chi connectivity index (χ1n) is 12.4. The number of fused-ring (bicyclic) bond motifs is 1. The van der Waals surface area contributed by atoms with E-state index in [0.717, 1.165) is 41.4 Å². The molecule has 3 aromatic rings. The Bertz CT molecular complexity index is 1330. The van der Waals surface area contributed by atoms with E-state index in [4.69, 9.17) is 9.84 Å². The minimum absolute atomic E-state index is 0.0380. The van der Waals surface area contributed by atoms with Crippen LogP contribution in [0.2, 0.25) is 0 Å². The molecule has 4 heterocycles. The number of rotatable bonds is 8. The van der Waals surface area contributed by atoms with Gasteiger partial charge in [-0.15, -0.1) is 0 Å². The largest absolute Gasteiger partial charge is 0.489 e. The van der Waals surface area contributed by atoms with Crippen molar-refractivity contribution in [1.82, 2.24) is 34.7 Å². The highest BCUT2D eigenvalue weighted by atomic mass is 19.1. The monoisotopic (exact) mass is 513 g/mol. The van der Waals surface area contributed by atoms with E-state index in [1.807, 2.05) is 0 Å². The summed E-state index contributed by atoms with van der Waals surface area (Å²) in [5, 5.41) is 23.2. The van der Waals surface area contributed by atoms with Crippen LogP contribution in [0, 0.1) is 5.82 Å². The van der Waals surface area contributed by atoms with Gasteiger partial charge in [-0.25, -0.2) is 14.2 Å². The predicted molar refractivity (Wildman–Crippen MR) is 135 cm³/mol. The average molecular weight is 514 g/mol. The normalized spacial score (nSPS) is 21.0. The molecule has 2 aliphatic rings. The van der Waals surface area contributed by atoms with Gasteiger partial charge in [0.25, 0.3) is 0 Å². The van der Waals surface area contributed by atoms with Crippen molar-refractivity contribution in [3.8, 4) is 11.4 Å². The van der Waals surface area contributed by atoms with Crippen LogP contribution in [0.3, 0.4) is 0 Å².